The van der Waals surface area contributed by atoms with Gasteiger partial charge in [-0.1, -0.05) is 75.7 Å². The fourth-order valence-electron chi connectivity index (χ4n) is 5.97. The lowest BCUT2D eigenvalue weighted by Gasteiger charge is -2.42. The zero-order chi connectivity index (χ0) is 30.3. The first-order valence-electron chi connectivity index (χ1n) is 13.4. The highest BCUT2D eigenvalue weighted by atomic mass is 35.5. The van der Waals surface area contributed by atoms with E-state index in [9.17, 15) is 9.90 Å². The Morgan fingerprint density at radius 1 is 1.32 bits per heavy atom. The van der Waals surface area contributed by atoms with Crippen LogP contribution in [0.15, 0.2) is 71.6 Å². The number of halogens is 3. The molecule has 0 amide bonds. The van der Waals surface area contributed by atoms with E-state index in [1.807, 2.05) is 19.1 Å². The standard InChI is InChI=1S/C32H36Cl2FN2O3P/c1-8-19(33)15-22(35)17(2)32(6)25(16-31(3,4)5)37-27-26(32)20-10-9-11-21(34)28(20)41-29(27)36-23-13-12-18(30(38)39)14-24(23)40-7/h8-15,25-27,36-37H,1,16H2,2-7H3,(H,38,39)/b19-15+,22-17-/t25-,26-,27+,32-/m0/s1. The van der Waals surface area contributed by atoms with Gasteiger partial charge in [-0.25, -0.2) is 9.18 Å². The highest BCUT2D eigenvalue weighted by Gasteiger charge is 2.57. The maximum atomic E-state index is 15.9. The van der Waals surface area contributed by atoms with Crippen molar-refractivity contribution in [3.05, 3.63) is 87.7 Å². The molecule has 0 aromatic heterocycles. The number of anilines is 1. The van der Waals surface area contributed by atoms with Crippen LogP contribution in [0.25, 0.3) is 0 Å². The van der Waals surface area contributed by atoms with Crippen molar-refractivity contribution in [1.29, 1.82) is 0 Å². The number of carboxylic acid groups (broad SMARTS) is 1. The van der Waals surface area contributed by atoms with Gasteiger partial charge in [-0.2, -0.15) is 0 Å². The third-order valence-corrected chi connectivity index (χ3v) is 10.2. The second kappa shape index (κ2) is 11.9. The molecule has 1 saturated heterocycles. The van der Waals surface area contributed by atoms with E-state index in [1.165, 1.54) is 25.3 Å². The molecule has 2 aliphatic rings. The molecule has 0 radical (unpaired) electrons. The van der Waals surface area contributed by atoms with Crippen LogP contribution < -0.4 is 20.7 Å². The molecule has 0 bridgehead atoms. The van der Waals surface area contributed by atoms with E-state index in [4.69, 9.17) is 27.9 Å². The predicted octanol–water partition coefficient (Wildman–Crippen LogP) is 8.29. The number of carbonyl (C=O) groups is 1. The average Bonchev–Trinajstić information content (AvgIpc) is 3.20. The second-order valence-electron chi connectivity index (χ2n) is 11.9. The van der Waals surface area contributed by atoms with Gasteiger partial charge in [0.25, 0.3) is 0 Å². The van der Waals surface area contributed by atoms with Gasteiger partial charge in [0.05, 0.1) is 34.8 Å². The molecule has 0 spiro atoms. The van der Waals surface area contributed by atoms with E-state index >= 15 is 4.39 Å². The largest absolute Gasteiger partial charge is 0.495 e. The predicted molar refractivity (Wildman–Crippen MR) is 170 cm³/mol. The van der Waals surface area contributed by atoms with Crippen molar-refractivity contribution in [2.24, 2.45) is 10.8 Å². The molecule has 4 atom stereocenters. The minimum atomic E-state index is -1.03. The first kappa shape index (κ1) is 31.3. The molecule has 2 aromatic carbocycles. The first-order chi connectivity index (χ1) is 19.2. The van der Waals surface area contributed by atoms with Crippen molar-refractivity contribution in [2.75, 3.05) is 12.4 Å². The highest BCUT2D eigenvalue weighted by Crippen LogP contribution is 2.56. The minimum absolute atomic E-state index is 0.0455. The van der Waals surface area contributed by atoms with Gasteiger partial charge in [0.15, 0.2) is 0 Å². The molecule has 3 N–H and O–H groups in total. The molecule has 2 aliphatic heterocycles. The molecular weight excluding hydrogens is 581 g/mol. The fraction of sp³-hybridized carbons (Fsp3) is 0.375. The molecule has 5 nitrogen and oxygen atoms in total. The number of carboxylic acids is 1. The number of allylic oxidation sites excluding steroid dienone is 4. The molecule has 0 saturated carbocycles. The third kappa shape index (κ3) is 6.12. The summed E-state index contributed by atoms with van der Waals surface area (Å²) in [5.74, 6) is -1.18. The summed E-state index contributed by atoms with van der Waals surface area (Å²) >= 11 is 13.0. The molecule has 41 heavy (non-hydrogen) atoms. The summed E-state index contributed by atoms with van der Waals surface area (Å²) in [6.45, 7) is 14.2. The fourth-order valence-corrected chi connectivity index (χ4v) is 7.68. The molecule has 0 unspecified atom stereocenters. The highest BCUT2D eigenvalue weighted by molar-refractivity contribution is 7.50. The van der Waals surface area contributed by atoms with Gasteiger partial charge in [0.2, 0.25) is 0 Å². The van der Waals surface area contributed by atoms with E-state index in [-0.39, 0.29) is 39.8 Å². The van der Waals surface area contributed by atoms with E-state index in [2.05, 4.69) is 51.0 Å². The monoisotopic (exact) mass is 616 g/mol. The van der Waals surface area contributed by atoms with Crippen molar-refractivity contribution in [2.45, 2.75) is 59.0 Å². The normalized spacial score (nSPS) is 25.0. The van der Waals surface area contributed by atoms with Crippen LogP contribution in [0.3, 0.4) is 0 Å². The number of hydrogen-bond acceptors (Lipinski definition) is 4. The lowest BCUT2D eigenvalue weighted by Crippen LogP contribution is -2.44. The van der Waals surface area contributed by atoms with Crippen molar-refractivity contribution in [1.82, 2.24) is 5.32 Å². The van der Waals surface area contributed by atoms with Crippen LogP contribution in [-0.4, -0.2) is 35.7 Å². The van der Waals surface area contributed by atoms with Crippen molar-refractivity contribution in [3.8, 4) is 5.75 Å². The SMILES string of the molecule is C=C/C(Cl)=C\C(F)=C(/C)[C@@]1(C)[C@H](CC(C)(C)C)N[C@H]2C(Nc3ccc(C(=O)O)cc3OC)=Pc3c(Cl)cccc3[C@@H]21. The third-order valence-electron chi connectivity index (χ3n) is 8.12. The second-order valence-corrected chi connectivity index (χ2v) is 13.9. The Balaban J connectivity index is 1.93. The number of nitrogens with one attached hydrogen (secondary N) is 2. The van der Waals surface area contributed by atoms with Crippen molar-refractivity contribution in [3.63, 3.8) is 0 Å². The van der Waals surface area contributed by atoms with Gasteiger partial charge in [-0.15, -0.1) is 0 Å². The van der Waals surface area contributed by atoms with Gasteiger partial charge in [0.1, 0.15) is 11.6 Å². The number of benzene rings is 2. The summed E-state index contributed by atoms with van der Waals surface area (Å²) in [5, 5.41) is 18.7. The number of fused-ring (bicyclic) bond motifs is 3. The molecule has 0 aliphatic carbocycles. The van der Waals surface area contributed by atoms with Crippen molar-refractivity contribution < 1.29 is 19.0 Å². The first-order valence-corrected chi connectivity index (χ1v) is 15.0. The maximum absolute atomic E-state index is 15.9. The number of aromatic carboxylic acids is 1. The average molecular weight is 618 g/mol. The van der Waals surface area contributed by atoms with Gasteiger partial charge in [-0.3, -0.25) is 0 Å². The smallest absolute Gasteiger partial charge is 0.335 e. The van der Waals surface area contributed by atoms with Crippen LogP contribution in [0.4, 0.5) is 10.1 Å². The molecule has 218 valence electrons. The molecule has 2 heterocycles. The summed E-state index contributed by atoms with van der Waals surface area (Å²) in [7, 11) is 2.38. The van der Waals surface area contributed by atoms with E-state index < -0.39 is 11.4 Å². The number of methoxy groups -OCH3 is 1. The van der Waals surface area contributed by atoms with Gasteiger partial charge < -0.3 is 20.5 Å². The Hall–Kier alpha value is -2.63. The van der Waals surface area contributed by atoms with E-state index in [0.717, 1.165) is 30.9 Å². The Morgan fingerprint density at radius 3 is 2.63 bits per heavy atom. The lowest BCUT2D eigenvalue weighted by atomic mass is 9.63. The number of hydrogen-bond donors (Lipinski definition) is 3. The number of rotatable bonds is 8. The van der Waals surface area contributed by atoms with Crippen molar-refractivity contribution >= 4 is 53.8 Å². The van der Waals surface area contributed by atoms with Gasteiger partial charge in [-0.05, 0) is 68.4 Å². The Labute approximate surface area is 253 Å². The molecule has 2 aromatic rings. The zero-order valence-electron chi connectivity index (χ0n) is 24.1. The zero-order valence-corrected chi connectivity index (χ0v) is 26.5. The van der Waals surface area contributed by atoms with Gasteiger partial charge in [0, 0.05) is 27.7 Å². The molecule has 9 heteroatoms. The number of ether oxygens (including phenoxy) is 1. The summed E-state index contributed by atoms with van der Waals surface area (Å²) in [6.07, 6.45) is 3.54. The summed E-state index contributed by atoms with van der Waals surface area (Å²) in [5.41, 5.74) is 2.65. The lowest BCUT2D eigenvalue weighted by molar-refractivity contribution is 0.0696. The molecule has 4 rings (SSSR count). The molecule has 1 fully saturated rings. The quantitative estimate of drug-likeness (QED) is 0.206. The minimum Gasteiger partial charge on any atom is -0.495 e. The maximum Gasteiger partial charge on any atom is 0.335 e. The summed E-state index contributed by atoms with van der Waals surface area (Å²) in [6, 6.07) is 10.4. The van der Waals surface area contributed by atoms with Crippen LogP contribution in [0.1, 0.15) is 62.9 Å². The van der Waals surface area contributed by atoms with Crippen LogP contribution in [0.2, 0.25) is 5.02 Å². The van der Waals surface area contributed by atoms with Crippen LogP contribution in [0.5, 0.6) is 5.75 Å². The Morgan fingerprint density at radius 2 is 2.02 bits per heavy atom. The molecular formula is C32H36Cl2FN2O3P. The van der Waals surface area contributed by atoms with E-state index in [0.29, 0.717) is 22.0 Å². The Bertz CT molecular complexity index is 1480. The summed E-state index contributed by atoms with van der Waals surface area (Å²) < 4.78 is 21.5. The van der Waals surface area contributed by atoms with Crippen LogP contribution in [0, 0.1) is 10.8 Å². The van der Waals surface area contributed by atoms with Gasteiger partial charge >= 0.3 is 5.97 Å². The van der Waals surface area contributed by atoms with Crippen LogP contribution >= 0.6 is 31.4 Å². The summed E-state index contributed by atoms with van der Waals surface area (Å²) in [4.78, 5) is 11.6. The van der Waals surface area contributed by atoms with E-state index in [1.54, 1.807) is 12.1 Å². The topological polar surface area (TPSA) is 70.6 Å². The Kier molecular flexibility index (Phi) is 9.11. The van der Waals surface area contributed by atoms with Crippen LogP contribution in [-0.2, 0) is 0 Å².